The van der Waals surface area contributed by atoms with Gasteiger partial charge in [-0.1, -0.05) is 144 Å². The summed E-state index contributed by atoms with van der Waals surface area (Å²) >= 11 is 0. The Labute approximate surface area is 359 Å². The molecule has 0 heterocycles. The molecule has 11 heteroatoms. The topological polar surface area (TPSA) is 129 Å². The summed E-state index contributed by atoms with van der Waals surface area (Å²) in [4.78, 5) is 35.3. The molecule has 0 rings (SSSR count). The van der Waals surface area contributed by atoms with Crippen molar-refractivity contribution >= 4 is 19.8 Å². The minimum Gasteiger partial charge on any atom is -0.462 e. The molecule has 2 N–H and O–H groups in total. The van der Waals surface area contributed by atoms with Crippen LogP contribution in [0.4, 0.5) is 0 Å². The molecule has 0 aromatic carbocycles. The van der Waals surface area contributed by atoms with Crippen molar-refractivity contribution in [1.29, 1.82) is 0 Å². The van der Waals surface area contributed by atoms with E-state index in [1.165, 1.54) is 57.8 Å². The average molecular weight is 849 g/mol. The van der Waals surface area contributed by atoms with E-state index >= 15 is 0 Å². The normalized spacial score (nSPS) is 14.9. The number of aliphatic hydroxyl groups is 1. The molecule has 3 atom stereocenters. The Morgan fingerprint density at radius 3 is 1.75 bits per heavy atom. The number of likely N-dealkylation sites (N-methyl/N-ethyl adjacent to an activating group) is 1. The van der Waals surface area contributed by atoms with Crippen molar-refractivity contribution in [3.8, 4) is 0 Å². The minimum atomic E-state index is -4.42. The first-order chi connectivity index (χ1) is 28.4. The third-order valence-electron chi connectivity index (χ3n) is 8.98. The lowest BCUT2D eigenvalue weighted by Crippen LogP contribution is -2.37. The van der Waals surface area contributed by atoms with Crippen LogP contribution in [0, 0.1) is 0 Å². The second-order valence-electron chi connectivity index (χ2n) is 15.9. The highest BCUT2D eigenvalue weighted by molar-refractivity contribution is 7.47. The Bertz CT molecular complexity index is 1300. The molecule has 0 aromatic heterocycles. The van der Waals surface area contributed by atoms with Crippen molar-refractivity contribution in [3.63, 3.8) is 0 Å². The average Bonchev–Trinajstić information content (AvgIpc) is 3.18. The van der Waals surface area contributed by atoms with E-state index in [-0.39, 0.29) is 26.1 Å². The van der Waals surface area contributed by atoms with Crippen LogP contribution >= 0.6 is 7.82 Å². The Morgan fingerprint density at radius 2 is 1.12 bits per heavy atom. The second kappa shape index (κ2) is 39.3. The first-order valence-electron chi connectivity index (χ1n) is 22.4. The lowest BCUT2D eigenvalue weighted by Gasteiger charge is -2.24. The minimum absolute atomic E-state index is 0.00210. The number of esters is 2. The highest BCUT2D eigenvalue weighted by Crippen LogP contribution is 2.43. The molecule has 0 radical (unpaired) electrons. The van der Waals surface area contributed by atoms with E-state index in [0.717, 1.165) is 32.1 Å². The van der Waals surface area contributed by atoms with E-state index in [1.807, 2.05) is 63.7 Å². The van der Waals surface area contributed by atoms with Gasteiger partial charge in [0.25, 0.3) is 0 Å². The van der Waals surface area contributed by atoms with Gasteiger partial charge in [0.15, 0.2) is 6.10 Å². The maximum absolute atomic E-state index is 12.7. The number of rotatable bonds is 39. The van der Waals surface area contributed by atoms with E-state index in [2.05, 4.69) is 50.3 Å². The Morgan fingerprint density at radius 1 is 0.610 bits per heavy atom. The van der Waals surface area contributed by atoms with Gasteiger partial charge in [-0.25, -0.2) is 4.57 Å². The van der Waals surface area contributed by atoms with Gasteiger partial charge < -0.3 is 24.0 Å². The summed E-state index contributed by atoms with van der Waals surface area (Å²) in [6.07, 6.45) is 46.7. The molecule has 0 saturated carbocycles. The fraction of sp³-hybridized carbons (Fsp3) is 0.667. The summed E-state index contributed by atoms with van der Waals surface area (Å²) in [5, 5.41) is 10.1. The maximum Gasteiger partial charge on any atom is 0.472 e. The molecule has 0 spiro atoms. The summed E-state index contributed by atoms with van der Waals surface area (Å²) in [5.74, 6) is -0.975. The van der Waals surface area contributed by atoms with Crippen molar-refractivity contribution in [2.24, 2.45) is 0 Å². The van der Waals surface area contributed by atoms with Gasteiger partial charge in [0.1, 0.15) is 19.8 Å². The van der Waals surface area contributed by atoms with Crippen LogP contribution in [0.5, 0.6) is 0 Å². The van der Waals surface area contributed by atoms with Crippen LogP contribution < -0.4 is 0 Å². The molecule has 0 bridgehead atoms. The van der Waals surface area contributed by atoms with E-state index in [4.69, 9.17) is 18.5 Å². The third-order valence-corrected chi connectivity index (χ3v) is 9.96. The first-order valence-corrected chi connectivity index (χ1v) is 23.9. The number of hydrogen-bond donors (Lipinski definition) is 2. The van der Waals surface area contributed by atoms with Crippen molar-refractivity contribution in [2.75, 3.05) is 47.5 Å². The first kappa shape index (κ1) is 56.1. The van der Waals surface area contributed by atoms with Crippen LogP contribution in [0.25, 0.3) is 0 Å². The lowest BCUT2D eigenvalue weighted by atomic mass is 10.1. The number of phosphoric ester groups is 1. The summed E-state index contributed by atoms with van der Waals surface area (Å²) in [5.41, 5.74) is 0. The number of quaternary nitrogens is 1. The number of unbranched alkanes of at least 4 members (excludes halogenated alkanes) is 11. The molecule has 0 aliphatic heterocycles. The second-order valence-corrected chi connectivity index (χ2v) is 17.4. The molecule has 338 valence electrons. The van der Waals surface area contributed by atoms with Gasteiger partial charge in [0, 0.05) is 12.8 Å². The van der Waals surface area contributed by atoms with Gasteiger partial charge in [0.2, 0.25) is 0 Å². The number of hydrogen-bond acceptors (Lipinski definition) is 8. The van der Waals surface area contributed by atoms with Crippen molar-refractivity contribution in [3.05, 3.63) is 85.1 Å². The summed E-state index contributed by atoms with van der Waals surface area (Å²) in [6.45, 7) is 4.15. The summed E-state index contributed by atoms with van der Waals surface area (Å²) < 4.78 is 34.1. The van der Waals surface area contributed by atoms with Gasteiger partial charge in [0.05, 0.1) is 33.9 Å². The molecule has 0 aliphatic rings. The summed E-state index contributed by atoms with van der Waals surface area (Å²) in [6, 6.07) is 0. The predicted octanol–water partition coefficient (Wildman–Crippen LogP) is 11.8. The quantitative estimate of drug-likeness (QED) is 0.0155. The zero-order chi connectivity index (χ0) is 43.7. The van der Waals surface area contributed by atoms with Crippen LogP contribution in [0.2, 0.25) is 0 Å². The smallest absolute Gasteiger partial charge is 0.462 e. The SMILES string of the molecule is CCCCC/C=C\C=C/[C@H](O)C/C=C\C/C=C/CCCC(=O)O[C@H](COC(=O)CCC/C=C\C/C=C\C/C=C\CCCCCCCC)COP(=O)(O)OCC[N+](C)(C)C. The number of carbonyl (C=O) groups excluding carboxylic acids is 2. The standard InChI is InChI=1S/C48H82NO9P/c1-6-8-10-12-14-15-16-17-18-19-20-21-22-23-27-31-35-39-47(51)55-43-46(44-57-59(53,54)56-42-41-49(3,4)5)58-48(52)40-36-32-28-24-26-30-34-38-45(50)37-33-29-25-13-11-9-7-2/h17-18,20-21,23-25,27-30,33-34,37,45-46,50H,6-16,19,22,26,31-32,35-36,38-44H2,1-5H3/p+1/b18-17-,21-20-,27-23-,28-24+,29-25-,34-30-,37-33-/t45-,46+/m0/s1. The Hall–Kier alpha value is -2.85. The predicted molar refractivity (Wildman–Crippen MR) is 244 cm³/mol. The summed E-state index contributed by atoms with van der Waals surface area (Å²) in [7, 11) is 1.36. The molecule has 0 amide bonds. The number of ether oxygens (including phenoxy) is 2. The van der Waals surface area contributed by atoms with Gasteiger partial charge in [-0.15, -0.1) is 0 Å². The number of allylic oxidation sites excluding steroid dienone is 12. The van der Waals surface area contributed by atoms with Gasteiger partial charge >= 0.3 is 19.8 Å². The van der Waals surface area contributed by atoms with Crippen LogP contribution in [0.3, 0.4) is 0 Å². The molecule has 0 aromatic rings. The number of aliphatic hydroxyl groups excluding tert-OH is 1. The fourth-order valence-electron chi connectivity index (χ4n) is 5.39. The van der Waals surface area contributed by atoms with Crippen molar-refractivity contribution < 1.29 is 47.2 Å². The zero-order valence-electron chi connectivity index (χ0n) is 37.6. The molecule has 0 saturated heterocycles. The van der Waals surface area contributed by atoms with Crippen LogP contribution in [-0.4, -0.2) is 86.1 Å². The van der Waals surface area contributed by atoms with Crippen molar-refractivity contribution in [1.82, 2.24) is 0 Å². The van der Waals surface area contributed by atoms with E-state index in [1.54, 1.807) is 6.08 Å². The Kier molecular flexibility index (Phi) is 37.4. The molecule has 10 nitrogen and oxygen atoms in total. The number of phosphoric acid groups is 1. The van der Waals surface area contributed by atoms with Gasteiger partial charge in [-0.05, 0) is 77.0 Å². The molecule has 0 fully saturated rings. The number of nitrogens with zero attached hydrogens (tertiary/aromatic N) is 1. The molecular formula is C48H83NO9P+. The monoisotopic (exact) mass is 849 g/mol. The van der Waals surface area contributed by atoms with Gasteiger partial charge in [-0.3, -0.25) is 18.6 Å². The highest BCUT2D eigenvalue weighted by atomic mass is 31.2. The fourth-order valence-corrected chi connectivity index (χ4v) is 6.14. The number of carbonyl (C=O) groups is 2. The van der Waals surface area contributed by atoms with E-state index < -0.39 is 38.6 Å². The zero-order valence-corrected chi connectivity index (χ0v) is 38.5. The largest absolute Gasteiger partial charge is 0.472 e. The lowest BCUT2D eigenvalue weighted by molar-refractivity contribution is -0.870. The molecule has 0 aliphatic carbocycles. The van der Waals surface area contributed by atoms with Crippen LogP contribution in [0.15, 0.2) is 85.1 Å². The van der Waals surface area contributed by atoms with E-state index in [9.17, 15) is 24.2 Å². The van der Waals surface area contributed by atoms with Crippen LogP contribution in [-0.2, 0) is 32.7 Å². The van der Waals surface area contributed by atoms with Crippen LogP contribution in [0.1, 0.15) is 149 Å². The highest BCUT2D eigenvalue weighted by Gasteiger charge is 2.27. The molecule has 1 unspecified atom stereocenters. The van der Waals surface area contributed by atoms with E-state index in [0.29, 0.717) is 43.1 Å². The molecule has 59 heavy (non-hydrogen) atoms. The molecular weight excluding hydrogens is 766 g/mol. The van der Waals surface area contributed by atoms with Crippen molar-refractivity contribution in [2.45, 2.75) is 161 Å². The maximum atomic E-state index is 12.7. The third kappa shape index (κ3) is 43.1. The van der Waals surface area contributed by atoms with Gasteiger partial charge in [-0.2, -0.15) is 0 Å². The Balaban J connectivity index is 4.61.